The molecular formula is C8H13NO. The van der Waals surface area contributed by atoms with E-state index in [2.05, 4.69) is 18.2 Å². The average Bonchev–Trinajstić information content (AvgIpc) is 2.05. The highest BCUT2D eigenvalue weighted by Gasteiger charge is 2.15. The zero-order valence-corrected chi connectivity index (χ0v) is 6.34. The molecule has 0 aromatic rings. The highest BCUT2D eigenvalue weighted by Crippen LogP contribution is 2.24. The van der Waals surface area contributed by atoms with E-state index in [4.69, 9.17) is 0 Å². The van der Waals surface area contributed by atoms with Gasteiger partial charge in [0.25, 0.3) is 0 Å². The molecule has 0 N–H and O–H groups in total. The summed E-state index contributed by atoms with van der Waals surface area (Å²) in [4.78, 5) is 10.1. The quantitative estimate of drug-likeness (QED) is 0.405. The molecule has 0 radical (unpaired) electrons. The van der Waals surface area contributed by atoms with Crippen molar-refractivity contribution in [1.82, 2.24) is 0 Å². The largest absolute Gasteiger partial charge is 0.151 e. The lowest BCUT2D eigenvalue weighted by Gasteiger charge is -2.17. The van der Waals surface area contributed by atoms with Gasteiger partial charge in [-0.1, -0.05) is 16.8 Å². The minimum Gasteiger partial charge on any atom is -0.151 e. The first-order valence-electron chi connectivity index (χ1n) is 3.83. The van der Waals surface area contributed by atoms with Crippen LogP contribution < -0.4 is 0 Å². The van der Waals surface area contributed by atoms with Gasteiger partial charge in [-0.25, -0.2) is 0 Å². The molecule has 0 unspecified atom stereocenters. The molecule has 0 aliphatic heterocycles. The second-order valence-electron chi connectivity index (χ2n) is 2.78. The van der Waals surface area contributed by atoms with Gasteiger partial charge in [0.05, 0.1) is 6.04 Å². The monoisotopic (exact) mass is 139 g/mol. The lowest BCUT2D eigenvalue weighted by Crippen LogP contribution is -2.10. The summed E-state index contributed by atoms with van der Waals surface area (Å²) in [6.45, 7) is 2.06. The van der Waals surface area contributed by atoms with Crippen LogP contribution in [0, 0.1) is 4.91 Å². The Morgan fingerprint density at radius 1 is 1.50 bits per heavy atom. The third-order valence-corrected chi connectivity index (χ3v) is 2.15. The molecule has 2 heteroatoms. The summed E-state index contributed by atoms with van der Waals surface area (Å²) in [5, 5.41) is 3.04. The van der Waals surface area contributed by atoms with Crippen molar-refractivity contribution in [1.29, 1.82) is 0 Å². The Morgan fingerprint density at radius 3 is 2.50 bits per heavy atom. The van der Waals surface area contributed by atoms with E-state index >= 15 is 0 Å². The van der Waals surface area contributed by atoms with Gasteiger partial charge in [-0.3, -0.25) is 0 Å². The Kier molecular flexibility index (Phi) is 2.60. The maximum Gasteiger partial charge on any atom is 0.0925 e. The molecule has 0 heterocycles. The number of rotatable bonds is 1. The van der Waals surface area contributed by atoms with Crippen molar-refractivity contribution in [3.8, 4) is 0 Å². The van der Waals surface area contributed by atoms with Gasteiger partial charge in [-0.05, 0) is 32.6 Å². The number of hydrogen-bond acceptors (Lipinski definition) is 2. The normalized spacial score (nSPS) is 26.1. The summed E-state index contributed by atoms with van der Waals surface area (Å²) in [6.07, 6.45) is 6.23. The Hall–Kier alpha value is -0.660. The maximum absolute atomic E-state index is 10.1. The molecule has 0 aromatic heterocycles. The smallest absolute Gasteiger partial charge is 0.0925 e. The van der Waals surface area contributed by atoms with Gasteiger partial charge in [-0.2, -0.15) is 4.91 Å². The minimum atomic E-state index is 0.101. The summed E-state index contributed by atoms with van der Waals surface area (Å²) >= 11 is 0. The first-order chi connectivity index (χ1) is 4.86. The zero-order chi connectivity index (χ0) is 7.40. The number of allylic oxidation sites excluding steroid dienone is 2. The van der Waals surface area contributed by atoms with Crippen LogP contribution in [0.3, 0.4) is 0 Å². The van der Waals surface area contributed by atoms with Gasteiger partial charge in [-0.15, -0.1) is 0 Å². The van der Waals surface area contributed by atoms with Crippen LogP contribution >= 0.6 is 0 Å². The highest BCUT2D eigenvalue weighted by molar-refractivity contribution is 5.04. The van der Waals surface area contributed by atoms with E-state index in [9.17, 15) is 4.91 Å². The van der Waals surface area contributed by atoms with E-state index in [1.165, 1.54) is 5.57 Å². The van der Waals surface area contributed by atoms with Crippen LogP contribution in [0.1, 0.15) is 32.6 Å². The molecule has 0 spiro atoms. The number of nitroso groups, excluding NO2 is 1. The van der Waals surface area contributed by atoms with Crippen LogP contribution in [-0.2, 0) is 0 Å². The molecule has 1 aliphatic rings. The zero-order valence-electron chi connectivity index (χ0n) is 6.34. The minimum absolute atomic E-state index is 0.101. The lowest BCUT2D eigenvalue weighted by atomic mass is 9.91. The first kappa shape index (κ1) is 7.45. The van der Waals surface area contributed by atoms with Crippen LogP contribution in [0.5, 0.6) is 0 Å². The van der Waals surface area contributed by atoms with Gasteiger partial charge in [0, 0.05) is 0 Å². The van der Waals surface area contributed by atoms with E-state index in [0.29, 0.717) is 0 Å². The fourth-order valence-electron chi connectivity index (χ4n) is 1.37. The van der Waals surface area contributed by atoms with Crippen LogP contribution in [0.25, 0.3) is 0 Å². The summed E-state index contributed by atoms with van der Waals surface area (Å²) in [5.74, 6) is 0. The van der Waals surface area contributed by atoms with Gasteiger partial charge >= 0.3 is 0 Å². The van der Waals surface area contributed by atoms with E-state index in [-0.39, 0.29) is 6.04 Å². The predicted molar refractivity (Wildman–Crippen MR) is 41.8 cm³/mol. The van der Waals surface area contributed by atoms with E-state index < -0.39 is 0 Å². The topological polar surface area (TPSA) is 29.4 Å². The van der Waals surface area contributed by atoms with Crippen molar-refractivity contribution >= 4 is 0 Å². The number of hydrogen-bond donors (Lipinski definition) is 0. The van der Waals surface area contributed by atoms with Crippen molar-refractivity contribution in [2.24, 2.45) is 5.18 Å². The summed E-state index contributed by atoms with van der Waals surface area (Å²) in [7, 11) is 0. The highest BCUT2D eigenvalue weighted by atomic mass is 16.3. The Balaban J connectivity index is 2.37. The molecular weight excluding hydrogens is 126 g/mol. The molecule has 10 heavy (non-hydrogen) atoms. The summed E-state index contributed by atoms with van der Waals surface area (Å²) < 4.78 is 0. The van der Waals surface area contributed by atoms with Gasteiger partial charge in [0.2, 0.25) is 0 Å². The Labute approximate surface area is 61.3 Å². The van der Waals surface area contributed by atoms with Crippen molar-refractivity contribution in [3.05, 3.63) is 16.6 Å². The van der Waals surface area contributed by atoms with E-state index in [1.807, 2.05) is 0 Å². The van der Waals surface area contributed by atoms with Crippen LogP contribution in [0.15, 0.2) is 16.8 Å². The van der Waals surface area contributed by atoms with Crippen molar-refractivity contribution < 1.29 is 0 Å². The average molecular weight is 139 g/mol. The van der Waals surface area contributed by atoms with E-state index in [0.717, 1.165) is 25.7 Å². The summed E-state index contributed by atoms with van der Waals surface area (Å²) in [5.41, 5.74) is 1.49. The van der Waals surface area contributed by atoms with E-state index in [1.54, 1.807) is 0 Å². The molecule has 2 nitrogen and oxygen atoms in total. The second-order valence-corrected chi connectivity index (χ2v) is 2.78. The van der Waals surface area contributed by atoms with Crippen molar-refractivity contribution in [2.75, 3.05) is 0 Å². The SMILES string of the molecule is CC=C1CCC(N=O)CC1. The van der Waals surface area contributed by atoms with Gasteiger partial charge < -0.3 is 0 Å². The van der Waals surface area contributed by atoms with Crippen LogP contribution in [0.4, 0.5) is 0 Å². The molecule has 1 aliphatic carbocycles. The molecule has 0 amide bonds. The molecule has 0 bridgehead atoms. The Morgan fingerprint density at radius 2 is 2.10 bits per heavy atom. The third kappa shape index (κ3) is 1.66. The maximum atomic E-state index is 10.1. The van der Waals surface area contributed by atoms with Crippen molar-refractivity contribution in [3.63, 3.8) is 0 Å². The predicted octanol–water partition coefficient (Wildman–Crippen LogP) is 2.64. The standard InChI is InChI=1S/C8H13NO/c1-2-7-3-5-8(9-10)6-4-7/h2,8H,3-6H2,1H3. The number of nitrogens with zero attached hydrogens (tertiary/aromatic N) is 1. The van der Waals surface area contributed by atoms with Gasteiger partial charge in [0.1, 0.15) is 0 Å². The Bertz CT molecular complexity index is 141. The molecule has 1 saturated carbocycles. The molecule has 0 atom stereocenters. The van der Waals surface area contributed by atoms with Crippen LogP contribution in [0.2, 0.25) is 0 Å². The summed E-state index contributed by atoms with van der Waals surface area (Å²) in [6, 6.07) is 0.101. The lowest BCUT2D eigenvalue weighted by molar-refractivity contribution is 0.510. The third-order valence-electron chi connectivity index (χ3n) is 2.15. The molecule has 1 fully saturated rings. The second kappa shape index (κ2) is 3.49. The van der Waals surface area contributed by atoms with Crippen LogP contribution in [-0.4, -0.2) is 6.04 Å². The van der Waals surface area contributed by atoms with Gasteiger partial charge in [0.15, 0.2) is 0 Å². The molecule has 1 rings (SSSR count). The molecule has 0 saturated heterocycles. The fourth-order valence-corrected chi connectivity index (χ4v) is 1.37. The molecule has 56 valence electrons. The fraction of sp³-hybridized carbons (Fsp3) is 0.750. The first-order valence-corrected chi connectivity index (χ1v) is 3.83. The molecule has 0 aromatic carbocycles. The van der Waals surface area contributed by atoms with Crippen molar-refractivity contribution in [2.45, 2.75) is 38.6 Å².